The minimum absolute atomic E-state index is 0.0153. The molecule has 0 aliphatic carbocycles. The molecule has 0 fully saturated rings. The van der Waals surface area contributed by atoms with Crippen LogP contribution in [0.5, 0.6) is 0 Å². The monoisotopic (exact) mass is 628 g/mol. The van der Waals surface area contributed by atoms with E-state index in [0.717, 1.165) is 33.5 Å². The molecule has 2 amide bonds. The molecule has 0 saturated heterocycles. The molecule has 12 heteroatoms. The van der Waals surface area contributed by atoms with Gasteiger partial charge >= 0.3 is 0 Å². The highest BCUT2D eigenvalue weighted by molar-refractivity contribution is 7.99. The fourth-order valence-electron chi connectivity index (χ4n) is 4.85. The molecule has 44 heavy (non-hydrogen) atoms. The molecule has 1 atom stereocenters. The molecule has 222 valence electrons. The Morgan fingerprint density at radius 1 is 0.909 bits per heavy atom. The Morgan fingerprint density at radius 2 is 1.64 bits per heavy atom. The van der Waals surface area contributed by atoms with E-state index in [1.54, 1.807) is 40.2 Å². The van der Waals surface area contributed by atoms with Crippen LogP contribution in [0.3, 0.4) is 0 Å². The molecule has 3 heterocycles. The van der Waals surface area contributed by atoms with Crippen LogP contribution < -0.4 is 5.32 Å². The Balaban J connectivity index is 1.21. The van der Waals surface area contributed by atoms with Crippen molar-refractivity contribution in [3.05, 3.63) is 130 Å². The van der Waals surface area contributed by atoms with E-state index in [4.69, 9.17) is 0 Å². The molecular formula is C32H26F2N6O2S2. The second-order valence-electron chi connectivity index (χ2n) is 9.97. The van der Waals surface area contributed by atoms with Crippen molar-refractivity contribution in [3.8, 4) is 5.69 Å². The minimum Gasteiger partial charge on any atom is -0.348 e. The van der Waals surface area contributed by atoms with Crippen LogP contribution >= 0.6 is 23.1 Å². The smallest absolute Gasteiger partial charge is 0.253 e. The Bertz CT molecular complexity index is 1780. The van der Waals surface area contributed by atoms with E-state index >= 15 is 0 Å². The first kappa shape index (κ1) is 29.4. The van der Waals surface area contributed by atoms with Gasteiger partial charge in [0.1, 0.15) is 11.6 Å². The van der Waals surface area contributed by atoms with E-state index in [0.29, 0.717) is 23.1 Å². The van der Waals surface area contributed by atoms with Gasteiger partial charge in [-0.1, -0.05) is 60.3 Å². The summed E-state index contributed by atoms with van der Waals surface area (Å²) in [6.45, 7) is 0.0811. The summed E-state index contributed by atoms with van der Waals surface area (Å²) < 4.78 is 29.1. The second-order valence-corrected chi connectivity index (χ2v) is 11.9. The number of benzene rings is 3. The SMILES string of the molecule is O=C(Cc1ccccc1)NCc1nnc(SCC(=O)N2N=C(c3cccs3)C[C@H]2c2ccc(F)cc2)n1-c1ccc(F)cc1. The number of carbonyl (C=O) groups is 2. The maximum atomic E-state index is 13.8. The Kier molecular flexibility index (Phi) is 8.89. The molecule has 0 saturated carbocycles. The van der Waals surface area contributed by atoms with E-state index in [-0.39, 0.29) is 42.4 Å². The van der Waals surface area contributed by atoms with E-state index < -0.39 is 5.82 Å². The largest absolute Gasteiger partial charge is 0.348 e. The van der Waals surface area contributed by atoms with Crippen molar-refractivity contribution < 1.29 is 18.4 Å². The highest BCUT2D eigenvalue weighted by Gasteiger charge is 2.33. The summed E-state index contributed by atoms with van der Waals surface area (Å²) in [5.41, 5.74) is 3.03. The van der Waals surface area contributed by atoms with Gasteiger partial charge in [0.25, 0.3) is 5.91 Å². The molecule has 0 bridgehead atoms. The maximum Gasteiger partial charge on any atom is 0.253 e. The lowest BCUT2D eigenvalue weighted by Gasteiger charge is -2.22. The van der Waals surface area contributed by atoms with Crippen molar-refractivity contribution in [2.24, 2.45) is 5.10 Å². The van der Waals surface area contributed by atoms with Gasteiger partial charge < -0.3 is 5.32 Å². The topological polar surface area (TPSA) is 92.5 Å². The van der Waals surface area contributed by atoms with E-state index in [1.165, 1.54) is 29.3 Å². The second kappa shape index (κ2) is 13.3. The van der Waals surface area contributed by atoms with Crippen LogP contribution in [0.1, 0.15) is 34.3 Å². The predicted octanol–water partition coefficient (Wildman–Crippen LogP) is 5.94. The van der Waals surface area contributed by atoms with Crippen LogP contribution in [0.2, 0.25) is 0 Å². The van der Waals surface area contributed by atoms with Crippen LogP contribution in [0.15, 0.2) is 107 Å². The fraction of sp³-hybridized carbons (Fsp3) is 0.156. The number of aromatic nitrogens is 3. The van der Waals surface area contributed by atoms with Crippen molar-refractivity contribution in [2.75, 3.05) is 5.75 Å². The summed E-state index contributed by atoms with van der Waals surface area (Å²) in [6.07, 6.45) is 0.710. The third kappa shape index (κ3) is 6.76. The number of halogens is 2. The molecule has 3 aromatic carbocycles. The lowest BCUT2D eigenvalue weighted by molar-refractivity contribution is -0.130. The Labute approximate surface area is 260 Å². The number of hydrogen-bond donors (Lipinski definition) is 1. The summed E-state index contributed by atoms with van der Waals surface area (Å²) in [7, 11) is 0. The van der Waals surface area contributed by atoms with E-state index in [2.05, 4.69) is 20.6 Å². The van der Waals surface area contributed by atoms with Crippen molar-refractivity contribution in [3.63, 3.8) is 0 Å². The zero-order valence-corrected chi connectivity index (χ0v) is 24.9. The highest BCUT2D eigenvalue weighted by atomic mass is 32.2. The summed E-state index contributed by atoms with van der Waals surface area (Å²) >= 11 is 2.70. The summed E-state index contributed by atoms with van der Waals surface area (Å²) in [5.74, 6) is -0.789. The van der Waals surface area contributed by atoms with Gasteiger partial charge in [0.15, 0.2) is 11.0 Å². The first-order valence-electron chi connectivity index (χ1n) is 13.8. The zero-order valence-electron chi connectivity index (χ0n) is 23.3. The quantitative estimate of drug-likeness (QED) is 0.194. The van der Waals surface area contributed by atoms with Crippen LogP contribution in [0, 0.1) is 11.6 Å². The molecular weight excluding hydrogens is 603 g/mol. The van der Waals surface area contributed by atoms with Crippen molar-refractivity contribution in [1.29, 1.82) is 0 Å². The van der Waals surface area contributed by atoms with Crippen LogP contribution in [-0.2, 0) is 22.6 Å². The number of amides is 2. The highest BCUT2D eigenvalue weighted by Crippen LogP contribution is 2.35. The number of nitrogens with one attached hydrogen (secondary N) is 1. The van der Waals surface area contributed by atoms with Gasteiger partial charge in [-0.3, -0.25) is 14.2 Å². The lowest BCUT2D eigenvalue weighted by atomic mass is 10.0. The van der Waals surface area contributed by atoms with Crippen molar-refractivity contribution in [1.82, 2.24) is 25.1 Å². The number of hydrazone groups is 1. The van der Waals surface area contributed by atoms with Gasteiger partial charge in [-0.25, -0.2) is 13.8 Å². The number of rotatable bonds is 10. The number of thiophene rings is 1. The maximum absolute atomic E-state index is 13.8. The molecule has 2 aromatic heterocycles. The standard InChI is InChI=1S/C32H26F2N6O2S2/c33-23-10-8-22(9-11-23)27-18-26(28-7-4-16-43-28)38-40(27)31(42)20-44-32-37-36-29(39(32)25-14-12-24(34)13-15-25)19-35-30(41)17-21-5-2-1-3-6-21/h1-16,27H,17-20H2,(H,35,41)/t27-/m0/s1. The first-order valence-corrected chi connectivity index (χ1v) is 15.6. The van der Waals surface area contributed by atoms with Gasteiger partial charge in [0, 0.05) is 12.1 Å². The third-order valence-electron chi connectivity index (χ3n) is 6.99. The lowest BCUT2D eigenvalue weighted by Crippen LogP contribution is -2.28. The number of hydrogen-bond acceptors (Lipinski definition) is 7. The molecule has 1 N–H and O–H groups in total. The number of carbonyl (C=O) groups excluding carboxylic acids is 2. The molecule has 6 rings (SSSR count). The molecule has 0 unspecified atom stereocenters. The van der Waals surface area contributed by atoms with Gasteiger partial charge in [0.05, 0.1) is 35.3 Å². The summed E-state index contributed by atoms with van der Waals surface area (Å²) in [4.78, 5) is 27.2. The summed E-state index contributed by atoms with van der Waals surface area (Å²) in [6, 6.07) is 24.8. The van der Waals surface area contributed by atoms with Gasteiger partial charge in [-0.2, -0.15) is 5.10 Å². The average Bonchev–Trinajstić information content (AvgIpc) is 3.81. The first-order chi connectivity index (χ1) is 21.4. The minimum atomic E-state index is -0.399. The molecule has 8 nitrogen and oxygen atoms in total. The number of nitrogens with zero attached hydrogens (tertiary/aromatic N) is 5. The van der Waals surface area contributed by atoms with E-state index in [1.807, 2.05) is 47.8 Å². The van der Waals surface area contributed by atoms with E-state index in [9.17, 15) is 18.4 Å². The molecule has 0 spiro atoms. The zero-order chi connectivity index (χ0) is 30.5. The molecule has 0 radical (unpaired) electrons. The van der Waals surface area contributed by atoms with Gasteiger partial charge in [-0.05, 0) is 59.0 Å². The third-order valence-corrected chi connectivity index (χ3v) is 8.82. The molecule has 5 aromatic rings. The normalized spacial score (nSPS) is 14.5. The number of thioether (sulfide) groups is 1. The van der Waals surface area contributed by atoms with Crippen molar-refractivity contribution in [2.45, 2.75) is 30.6 Å². The average molecular weight is 629 g/mol. The summed E-state index contributed by atoms with van der Waals surface area (Å²) in [5, 5.41) is 19.9. The van der Waals surface area contributed by atoms with Crippen molar-refractivity contribution >= 4 is 40.6 Å². The predicted molar refractivity (Wildman–Crippen MR) is 165 cm³/mol. The van der Waals surface area contributed by atoms with Crippen LogP contribution in [0.4, 0.5) is 8.78 Å². The van der Waals surface area contributed by atoms with Crippen LogP contribution in [-0.4, -0.2) is 43.1 Å². The fourth-order valence-corrected chi connectivity index (χ4v) is 6.39. The Morgan fingerprint density at radius 3 is 2.34 bits per heavy atom. The molecule has 1 aliphatic heterocycles. The van der Waals surface area contributed by atoms with Gasteiger partial charge in [-0.15, -0.1) is 21.5 Å². The van der Waals surface area contributed by atoms with Crippen LogP contribution in [0.25, 0.3) is 5.69 Å². The molecule has 1 aliphatic rings. The Hall–Kier alpha value is -4.68. The van der Waals surface area contributed by atoms with Gasteiger partial charge in [0.2, 0.25) is 5.91 Å².